The van der Waals surface area contributed by atoms with E-state index in [-0.39, 0.29) is 17.7 Å². The summed E-state index contributed by atoms with van der Waals surface area (Å²) in [5.74, 6) is 0.234. The minimum absolute atomic E-state index is 0.0980. The van der Waals surface area contributed by atoms with Crippen molar-refractivity contribution in [2.45, 2.75) is 13.8 Å². The van der Waals surface area contributed by atoms with Gasteiger partial charge in [-0.15, -0.1) is 0 Å². The number of methoxy groups -OCH3 is 1. The summed E-state index contributed by atoms with van der Waals surface area (Å²) >= 11 is 0. The zero-order valence-electron chi connectivity index (χ0n) is 12.3. The molecule has 6 heteroatoms. The predicted octanol–water partition coefficient (Wildman–Crippen LogP) is 1.46. The molecule has 1 atom stereocenters. The summed E-state index contributed by atoms with van der Waals surface area (Å²) in [5, 5.41) is 11.6. The van der Waals surface area contributed by atoms with Gasteiger partial charge in [0.15, 0.2) is 0 Å². The second kappa shape index (κ2) is 6.79. The van der Waals surface area contributed by atoms with Gasteiger partial charge in [-0.2, -0.15) is 0 Å². The highest BCUT2D eigenvalue weighted by atomic mass is 16.5. The molecule has 0 radical (unpaired) electrons. The number of nitrogens with zero attached hydrogens (tertiary/aromatic N) is 2. The summed E-state index contributed by atoms with van der Waals surface area (Å²) in [6.45, 7) is 4.05. The number of carbonyl (C=O) groups is 1. The number of carbonyl (C=O) groups excluding carboxylic acids is 1. The monoisotopic (exact) mass is 279 g/mol. The summed E-state index contributed by atoms with van der Waals surface area (Å²) in [4.78, 5) is 14.0. The fourth-order valence-corrected chi connectivity index (χ4v) is 1.88. The number of aryl methyl sites for hydroxylation is 1. The van der Waals surface area contributed by atoms with E-state index < -0.39 is 0 Å². The lowest BCUT2D eigenvalue weighted by Crippen LogP contribution is -2.36. The molecule has 0 heterocycles. The van der Waals surface area contributed by atoms with Crippen LogP contribution in [0.15, 0.2) is 23.4 Å². The van der Waals surface area contributed by atoms with Crippen LogP contribution in [-0.4, -0.2) is 42.6 Å². The maximum Gasteiger partial charge on any atom is 0.257 e. The topological polar surface area (TPSA) is 88.2 Å². The highest BCUT2D eigenvalue weighted by Gasteiger charge is 2.20. The predicted molar refractivity (Wildman–Crippen MR) is 77.3 cm³/mol. The number of amidine groups is 1. The lowest BCUT2D eigenvalue weighted by atomic mass is 10.1. The number of hydrogen-bond acceptors (Lipinski definition) is 4. The molecule has 0 saturated carbocycles. The van der Waals surface area contributed by atoms with Crippen LogP contribution in [-0.2, 0) is 0 Å². The van der Waals surface area contributed by atoms with E-state index in [1.165, 1.54) is 12.0 Å². The third-order valence-corrected chi connectivity index (χ3v) is 3.10. The number of amides is 1. The van der Waals surface area contributed by atoms with Crippen molar-refractivity contribution in [2.75, 3.05) is 20.7 Å². The lowest BCUT2D eigenvalue weighted by Gasteiger charge is -2.22. The number of oxime groups is 1. The Morgan fingerprint density at radius 3 is 2.75 bits per heavy atom. The van der Waals surface area contributed by atoms with Gasteiger partial charge < -0.3 is 20.6 Å². The van der Waals surface area contributed by atoms with Crippen LogP contribution >= 0.6 is 0 Å². The van der Waals surface area contributed by atoms with Crippen LogP contribution in [0, 0.1) is 12.8 Å². The molecule has 0 saturated heterocycles. The molecule has 1 amide bonds. The molecule has 110 valence electrons. The SMILES string of the molecule is COc1ccc(C)cc1C(=O)N(C)CC(C)C(N)=NO. The minimum Gasteiger partial charge on any atom is -0.496 e. The number of nitrogens with two attached hydrogens (primary N) is 1. The Balaban J connectivity index is 2.92. The lowest BCUT2D eigenvalue weighted by molar-refractivity contribution is 0.0782. The van der Waals surface area contributed by atoms with Gasteiger partial charge in [0, 0.05) is 19.5 Å². The van der Waals surface area contributed by atoms with Crippen LogP contribution in [0.1, 0.15) is 22.8 Å². The fraction of sp³-hybridized carbons (Fsp3) is 0.429. The van der Waals surface area contributed by atoms with Gasteiger partial charge in [-0.1, -0.05) is 23.7 Å². The highest BCUT2D eigenvalue weighted by Crippen LogP contribution is 2.21. The minimum atomic E-state index is -0.232. The van der Waals surface area contributed by atoms with Gasteiger partial charge in [-0.25, -0.2) is 0 Å². The first-order valence-electron chi connectivity index (χ1n) is 6.28. The summed E-state index contributed by atoms with van der Waals surface area (Å²) in [6.07, 6.45) is 0. The third-order valence-electron chi connectivity index (χ3n) is 3.10. The molecule has 1 rings (SSSR count). The molecule has 0 bridgehead atoms. The first-order valence-corrected chi connectivity index (χ1v) is 6.28. The molecule has 0 aromatic heterocycles. The highest BCUT2D eigenvalue weighted by molar-refractivity contribution is 5.97. The van der Waals surface area contributed by atoms with Gasteiger partial charge in [-0.3, -0.25) is 4.79 Å². The van der Waals surface area contributed by atoms with Crippen molar-refractivity contribution < 1.29 is 14.7 Å². The van der Waals surface area contributed by atoms with Crippen LogP contribution in [0.4, 0.5) is 0 Å². The number of ether oxygens (including phenoxy) is 1. The van der Waals surface area contributed by atoms with Gasteiger partial charge in [0.2, 0.25) is 0 Å². The van der Waals surface area contributed by atoms with Crippen molar-refractivity contribution in [1.29, 1.82) is 0 Å². The number of rotatable bonds is 5. The van der Waals surface area contributed by atoms with E-state index in [1.807, 2.05) is 13.0 Å². The van der Waals surface area contributed by atoms with Crippen molar-refractivity contribution >= 4 is 11.7 Å². The van der Waals surface area contributed by atoms with E-state index in [2.05, 4.69) is 5.16 Å². The van der Waals surface area contributed by atoms with Gasteiger partial charge in [0.25, 0.3) is 5.91 Å². The Labute approximate surface area is 118 Å². The molecule has 0 spiro atoms. The molecular weight excluding hydrogens is 258 g/mol. The molecular formula is C14H21N3O3. The number of hydrogen-bond donors (Lipinski definition) is 2. The van der Waals surface area contributed by atoms with Crippen molar-refractivity contribution in [3.05, 3.63) is 29.3 Å². The zero-order chi connectivity index (χ0) is 15.3. The first kappa shape index (κ1) is 15.8. The molecule has 0 aliphatic carbocycles. The second-order valence-electron chi connectivity index (χ2n) is 4.82. The van der Waals surface area contributed by atoms with E-state index in [0.717, 1.165) is 5.56 Å². The second-order valence-corrected chi connectivity index (χ2v) is 4.82. The van der Waals surface area contributed by atoms with Crippen LogP contribution in [0.25, 0.3) is 0 Å². The van der Waals surface area contributed by atoms with E-state index >= 15 is 0 Å². The molecule has 1 aromatic rings. The van der Waals surface area contributed by atoms with E-state index in [1.54, 1.807) is 26.1 Å². The summed E-state index contributed by atoms with van der Waals surface area (Å²) < 4.78 is 5.21. The Morgan fingerprint density at radius 1 is 1.55 bits per heavy atom. The van der Waals surface area contributed by atoms with Gasteiger partial charge in [-0.05, 0) is 19.1 Å². The Kier molecular flexibility index (Phi) is 5.37. The van der Waals surface area contributed by atoms with Gasteiger partial charge >= 0.3 is 0 Å². The molecule has 0 aliphatic rings. The average Bonchev–Trinajstić information content (AvgIpc) is 2.45. The molecule has 6 nitrogen and oxygen atoms in total. The quantitative estimate of drug-likeness (QED) is 0.369. The smallest absolute Gasteiger partial charge is 0.257 e. The van der Waals surface area contributed by atoms with Crippen LogP contribution in [0.5, 0.6) is 5.75 Å². The fourth-order valence-electron chi connectivity index (χ4n) is 1.88. The molecule has 1 unspecified atom stereocenters. The van der Waals surface area contributed by atoms with Crippen LogP contribution < -0.4 is 10.5 Å². The standard InChI is InChI=1S/C14H21N3O3/c1-9-5-6-12(20-4)11(7-9)14(18)17(3)8-10(2)13(15)16-19/h5-7,10,19H,8H2,1-4H3,(H2,15,16). The van der Waals surface area contributed by atoms with E-state index in [9.17, 15) is 4.79 Å². The summed E-state index contributed by atoms with van der Waals surface area (Å²) in [6, 6.07) is 5.43. The van der Waals surface area contributed by atoms with E-state index in [4.69, 9.17) is 15.7 Å². The first-order chi connectivity index (χ1) is 9.40. The average molecular weight is 279 g/mol. The Morgan fingerprint density at radius 2 is 2.20 bits per heavy atom. The molecule has 20 heavy (non-hydrogen) atoms. The molecule has 1 aromatic carbocycles. The van der Waals surface area contributed by atoms with Gasteiger partial charge in [0.1, 0.15) is 11.6 Å². The van der Waals surface area contributed by atoms with Crippen molar-refractivity contribution in [1.82, 2.24) is 4.90 Å². The van der Waals surface area contributed by atoms with E-state index in [0.29, 0.717) is 17.9 Å². The Bertz CT molecular complexity index is 514. The van der Waals surface area contributed by atoms with Crippen LogP contribution in [0.3, 0.4) is 0 Å². The largest absolute Gasteiger partial charge is 0.496 e. The summed E-state index contributed by atoms with van der Waals surface area (Å²) in [7, 11) is 3.20. The van der Waals surface area contributed by atoms with Crippen molar-refractivity contribution in [3.8, 4) is 5.75 Å². The van der Waals surface area contributed by atoms with Crippen molar-refractivity contribution in [2.24, 2.45) is 16.8 Å². The van der Waals surface area contributed by atoms with Crippen LogP contribution in [0.2, 0.25) is 0 Å². The third kappa shape index (κ3) is 3.63. The maximum absolute atomic E-state index is 12.4. The normalized spacial score (nSPS) is 12.9. The van der Waals surface area contributed by atoms with Crippen molar-refractivity contribution in [3.63, 3.8) is 0 Å². The molecule has 0 fully saturated rings. The molecule has 3 N–H and O–H groups in total. The summed E-state index contributed by atoms with van der Waals surface area (Å²) in [5.41, 5.74) is 7.00. The molecule has 0 aliphatic heterocycles. The van der Waals surface area contributed by atoms with Gasteiger partial charge in [0.05, 0.1) is 12.7 Å². The zero-order valence-corrected chi connectivity index (χ0v) is 12.3. The Hall–Kier alpha value is -2.24. The number of benzene rings is 1. The maximum atomic E-state index is 12.4.